The van der Waals surface area contributed by atoms with Crippen molar-refractivity contribution in [3.63, 3.8) is 0 Å². The van der Waals surface area contributed by atoms with Gasteiger partial charge in [-0.25, -0.2) is 0 Å². The Labute approximate surface area is 127 Å². The van der Waals surface area contributed by atoms with E-state index in [9.17, 15) is 0 Å². The monoisotopic (exact) mass is 287 g/mol. The Morgan fingerprint density at radius 3 is 3.05 bits per heavy atom. The molecule has 0 amide bonds. The van der Waals surface area contributed by atoms with E-state index in [2.05, 4.69) is 30.4 Å². The molecule has 1 spiro atoms. The largest absolute Gasteiger partial charge is 0.382 e. The highest BCUT2D eigenvalue weighted by atomic mass is 16.6. The second kappa shape index (κ2) is 5.29. The number of fused-ring (bicyclic) bond motifs is 1. The molecule has 3 aliphatic rings. The average molecular weight is 287 g/mol. The molecule has 21 heavy (non-hydrogen) atoms. The molecule has 2 saturated heterocycles. The fraction of sp³-hybridized carbons (Fsp3) is 0.667. The second-order valence-electron chi connectivity index (χ2n) is 7.02. The topological polar surface area (TPSA) is 30.5 Å². The van der Waals surface area contributed by atoms with E-state index in [4.69, 9.17) is 9.47 Å². The SMILES string of the molecule is CC1CCc2cc(C3CCOC4(CCOC4)C3)ccc2N1. The molecule has 0 bridgehead atoms. The number of anilines is 1. The van der Waals surface area contributed by atoms with Gasteiger partial charge in [-0.05, 0) is 55.7 Å². The molecule has 1 aromatic rings. The first kappa shape index (κ1) is 13.6. The molecular weight excluding hydrogens is 262 g/mol. The molecule has 3 aliphatic heterocycles. The smallest absolute Gasteiger partial charge is 0.0942 e. The standard InChI is InChI=1S/C18H25NO2/c1-13-2-3-15-10-14(4-5-17(15)19-13)16-6-8-21-18(11-16)7-9-20-12-18/h4-5,10,13,16,19H,2-3,6-9,11-12H2,1H3. The molecule has 114 valence electrons. The van der Waals surface area contributed by atoms with Crippen molar-refractivity contribution >= 4 is 5.69 Å². The first-order valence-electron chi connectivity index (χ1n) is 8.35. The molecule has 0 aliphatic carbocycles. The maximum Gasteiger partial charge on any atom is 0.0942 e. The fourth-order valence-corrected chi connectivity index (χ4v) is 4.10. The minimum atomic E-state index is 0.00554. The van der Waals surface area contributed by atoms with Crippen LogP contribution in [0.2, 0.25) is 0 Å². The minimum Gasteiger partial charge on any atom is -0.382 e. The van der Waals surface area contributed by atoms with Gasteiger partial charge in [0.15, 0.2) is 0 Å². The Morgan fingerprint density at radius 2 is 2.19 bits per heavy atom. The molecule has 4 rings (SSSR count). The predicted molar refractivity (Wildman–Crippen MR) is 83.9 cm³/mol. The minimum absolute atomic E-state index is 0.00554. The van der Waals surface area contributed by atoms with Crippen molar-refractivity contribution in [2.24, 2.45) is 0 Å². The summed E-state index contributed by atoms with van der Waals surface area (Å²) in [6.45, 7) is 4.78. The lowest BCUT2D eigenvalue weighted by atomic mass is 9.80. The van der Waals surface area contributed by atoms with Crippen LogP contribution in [0, 0.1) is 0 Å². The molecule has 0 radical (unpaired) electrons. The van der Waals surface area contributed by atoms with Gasteiger partial charge in [-0.2, -0.15) is 0 Å². The fourth-order valence-electron chi connectivity index (χ4n) is 4.10. The van der Waals surface area contributed by atoms with E-state index in [1.54, 1.807) is 0 Å². The third kappa shape index (κ3) is 2.58. The number of ether oxygens (including phenoxy) is 2. The third-order valence-corrected chi connectivity index (χ3v) is 5.41. The summed E-state index contributed by atoms with van der Waals surface area (Å²) < 4.78 is 11.7. The Bertz CT molecular complexity index is 522. The van der Waals surface area contributed by atoms with Crippen molar-refractivity contribution in [2.45, 2.75) is 56.6 Å². The van der Waals surface area contributed by atoms with Gasteiger partial charge in [0, 0.05) is 31.4 Å². The number of benzene rings is 1. The molecule has 1 N–H and O–H groups in total. The molecule has 3 nitrogen and oxygen atoms in total. The third-order valence-electron chi connectivity index (χ3n) is 5.41. The molecule has 3 heterocycles. The van der Waals surface area contributed by atoms with E-state index in [0.717, 1.165) is 39.1 Å². The Hall–Kier alpha value is -1.06. The summed E-state index contributed by atoms with van der Waals surface area (Å²) >= 11 is 0. The highest BCUT2D eigenvalue weighted by Gasteiger charge is 2.41. The van der Waals surface area contributed by atoms with Crippen LogP contribution in [-0.2, 0) is 15.9 Å². The maximum absolute atomic E-state index is 6.07. The summed E-state index contributed by atoms with van der Waals surface area (Å²) in [4.78, 5) is 0. The van der Waals surface area contributed by atoms with Gasteiger partial charge in [0.25, 0.3) is 0 Å². The van der Waals surface area contributed by atoms with Crippen molar-refractivity contribution in [1.82, 2.24) is 0 Å². The summed E-state index contributed by atoms with van der Waals surface area (Å²) in [5.74, 6) is 0.630. The maximum atomic E-state index is 6.07. The highest BCUT2D eigenvalue weighted by molar-refractivity contribution is 5.55. The first-order chi connectivity index (χ1) is 10.2. The van der Waals surface area contributed by atoms with Gasteiger partial charge in [-0.1, -0.05) is 12.1 Å². The van der Waals surface area contributed by atoms with Crippen molar-refractivity contribution < 1.29 is 9.47 Å². The van der Waals surface area contributed by atoms with E-state index in [0.29, 0.717) is 12.0 Å². The van der Waals surface area contributed by atoms with Crippen molar-refractivity contribution in [1.29, 1.82) is 0 Å². The second-order valence-corrected chi connectivity index (χ2v) is 7.02. The van der Waals surface area contributed by atoms with Gasteiger partial charge >= 0.3 is 0 Å². The van der Waals surface area contributed by atoms with Gasteiger partial charge in [-0.3, -0.25) is 0 Å². The van der Waals surface area contributed by atoms with Crippen LogP contribution >= 0.6 is 0 Å². The molecule has 2 fully saturated rings. The Kier molecular flexibility index (Phi) is 3.43. The molecule has 1 aromatic carbocycles. The molecule has 3 unspecified atom stereocenters. The van der Waals surface area contributed by atoms with Crippen LogP contribution in [0.4, 0.5) is 5.69 Å². The van der Waals surface area contributed by atoms with E-state index in [-0.39, 0.29) is 5.60 Å². The molecule has 3 heteroatoms. The lowest BCUT2D eigenvalue weighted by Gasteiger charge is -2.37. The van der Waals surface area contributed by atoms with Gasteiger partial charge in [0.1, 0.15) is 0 Å². The van der Waals surface area contributed by atoms with E-state index in [1.165, 1.54) is 29.7 Å². The average Bonchev–Trinajstić information content (AvgIpc) is 2.94. The van der Waals surface area contributed by atoms with Crippen LogP contribution in [0.25, 0.3) is 0 Å². The summed E-state index contributed by atoms with van der Waals surface area (Å²) in [5.41, 5.74) is 4.34. The van der Waals surface area contributed by atoms with E-state index < -0.39 is 0 Å². The number of hydrogen-bond donors (Lipinski definition) is 1. The number of hydrogen-bond acceptors (Lipinski definition) is 3. The predicted octanol–water partition coefficient (Wildman–Crippen LogP) is 3.49. The molecule has 0 saturated carbocycles. The highest BCUT2D eigenvalue weighted by Crippen LogP contribution is 2.41. The van der Waals surface area contributed by atoms with E-state index >= 15 is 0 Å². The van der Waals surface area contributed by atoms with Crippen LogP contribution < -0.4 is 5.32 Å². The molecular formula is C18H25NO2. The molecule has 0 aromatic heterocycles. The van der Waals surface area contributed by atoms with Crippen molar-refractivity contribution in [3.8, 4) is 0 Å². The van der Waals surface area contributed by atoms with Crippen molar-refractivity contribution in [3.05, 3.63) is 29.3 Å². The lowest BCUT2D eigenvalue weighted by molar-refractivity contribution is -0.0864. The quantitative estimate of drug-likeness (QED) is 0.857. The zero-order valence-electron chi connectivity index (χ0n) is 12.9. The Morgan fingerprint density at radius 1 is 1.24 bits per heavy atom. The van der Waals surface area contributed by atoms with Crippen LogP contribution in [0.15, 0.2) is 18.2 Å². The van der Waals surface area contributed by atoms with Gasteiger partial charge in [0.05, 0.1) is 12.2 Å². The first-order valence-corrected chi connectivity index (χ1v) is 8.35. The summed E-state index contributed by atoms with van der Waals surface area (Å²) in [5, 5.41) is 3.59. The zero-order valence-corrected chi connectivity index (χ0v) is 12.9. The summed E-state index contributed by atoms with van der Waals surface area (Å²) in [7, 11) is 0. The van der Waals surface area contributed by atoms with Gasteiger partial charge in [-0.15, -0.1) is 0 Å². The van der Waals surface area contributed by atoms with E-state index in [1.807, 2.05) is 0 Å². The van der Waals surface area contributed by atoms with Crippen LogP contribution in [0.1, 0.15) is 49.7 Å². The number of nitrogens with one attached hydrogen (secondary N) is 1. The van der Waals surface area contributed by atoms with Crippen LogP contribution in [0.3, 0.4) is 0 Å². The normalized spacial score (nSPS) is 35.5. The number of aryl methyl sites for hydroxylation is 1. The Balaban J connectivity index is 1.56. The summed E-state index contributed by atoms with van der Waals surface area (Å²) in [6.07, 6.45) is 5.77. The zero-order chi connectivity index (χ0) is 14.3. The van der Waals surface area contributed by atoms with Gasteiger partial charge in [0.2, 0.25) is 0 Å². The van der Waals surface area contributed by atoms with Crippen molar-refractivity contribution in [2.75, 3.05) is 25.1 Å². The van der Waals surface area contributed by atoms with Gasteiger partial charge < -0.3 is 14.8 Å². The van der Waals surface area contributed by atoms with Crippen LogP contribution in [-0.4, -0.2) is 31.5 Å². The van der Waals surface area contributed by atoms with Crippen LogP contribution in [0.5, 0.6) is 0 Å². The number of rotatable bonds is 1. The lowest BCUT2D eigenvalue weighted by Crippen LogP contribution is -2.39. The summed E-state index contributed by atoms with van der Waals surface area (Å²) in [6, 6.07) is 7.65. The molecule has 3 atom stereocenters.